The van der Waals surface area contributed by atoms with Gasteiger partial charge in [0.2, 0.25) is 0 Å². The van der Waals surface area contributed by atoms with Crippen LogP contribution < -0.4 is 9.47 Å². The SMILES string of the molecule is CCOc1c2ccccc2c2ccc3c4ccc5c6c(Cl)c(Cl)c(Cl)cc6c(OCC)c6ccc(c7ccc1c2c73)c4c65. The molecule has 0 heterocycles. The Kier molecular flexibility index (Phi) is 5.36. The summed E-state index contributed by atoms with van der Waals surface area (Å²) in [6.07, 6.45) is 0. The molecule has 0 spiro atoms. The van der Waals surface area contributed by atoms with Gasteiger partial charge < -0.3 is 9.47 Å². The summed E-state index contributed by atoms with van der Waals surface area (Å²) in [5.74, 6) is 1.72. The molecule has 0 N–H and O–H groups in total. The van der Waals surface area contributed by atoms with Gasteiger partial charge in [0.1, 0.15) is 11.5 Å². The summed E-state index contributed by atoms with van der Waals surface area (Å²) in [6.45, 7) is 5.16. The molecule has 0 aliphatic heterocycles. The van der Waals surface area contributed by atoms with E-state index in [1.54, 1.807) is 0 Å². The van der Waals surface area contributed by atoms with Crippen molar-refractivity contribution in [2.24, 2.45) is 0 Å². The molecule has 208 valence electrons. The minimum Gasteiger partial charge on any atom is -0.493 e. The summed E-state index contributed by atoms with van der Waals surface area (Å²) >= 11 is 20.1. The lowest BCUT2D eigenvalue weighted by Crippen LogP contribution is -1.98. The molecule has 9 aromatic carbocycles. The maximum absolute atomic E-state index is 6.95. The Labute approximate surface area is 261 Å². The number of ether oxygens (including phenoxy) is 2. The van der Waals surface area contributed by atoms with Crippen LogP contribution in [0.5, 0.6) is 11.5 Å². The van der Waals surface area contributed by atoms with Gasteiger partial charge in [-0.15, -0.1) is 0 Å². The summed E-state index contributed by atoms with van der Waals surface area (Å²) in [5.41, 5.74) is 0. The van der Waals surface area contributed by atoms with Crippen molar-refractivity contribution in [2.45, 2.75) is 13.8 Å². The molecule has 9 aromatic rings. The first-order valence-corrected chi connectivity index (χ1v) is 15.6. The highest BCUT2D eigenvalue weighted by atomic mass is 35.5. The Morgan fingerprint density at radius 2 is 0.837 bits per heavy atom. The van der Waals surface area contributed by atoms with Crippen LogP contribution in [0.25, 0.3) is 86.2 Å². The van der Waals surface area contributed by atoms with Crippen molar-refractivity contribution in [3.63, 3.8) is 0 Å². The zero-order valence-corrected chi connectivity index (χ0v) is 25.6. The van der Waals surface area contributed by atoms with Gasteiger partial charge in [-0.3, -0.25) is 0 Å². The molecule has 0 unspecified atom stereocenters. The Morgan fingerprint density at radius 3 is 1.40 bits per heavy atom. The number of halogens is 3. The molecule has 9 rings (SSSR count). The molecule has 0 saturated carbocycles. The zero-order valence-electron chi connectivity index (χ0n) is 23.4. The number of rotatable bonds is 4. The molecule has 0 bridgehead atoms. The lowest BCUT2D eigenvalue weighted by atomic mass is 9.83. The molecule has 0 amide bonds. The topological polar surface area (TPSA) is 18.5 Å². The summed E-state index contributed by atoms with van der Waals surface area (Å²) in [5, 5.41) is 19.4. The van der Waals surface area contributed by atoms with Gasteiger partial charge in [0.05, 0.1) is 28.3 Å². The van der Waals surface area contributed by atoms with E-state index >= 15 is 0 Å². The second-order valence-corrected chi connectivity index (χ2v) is 12.3. The lowest BCUT2D eigenvalue weighted by Gasteiger charge is -2.22. The van der Waals surface area contributed by atoms with Crippen LogP contribution in [0.2, 0.25) is 15.1 Å². The van der Waals surface area contributed by atoms with E-state index in [1.165, 1.54) is 48.5 Å². The van der Waals surface area contributed by atoms with Crippen molar-refractivity contribution in [3.8, 4) is 11.5 Å². The Bertz CT molecular complexity index is 2600. The van der Waals surface area contributed by atoms with E-state index in [9.17, 15) is 0 Å². The van der Waals surface area contributed by atoms with E-state index in [1.807, 2.05) is 19.9 Å². The van der Waals surface area contributed by atoms with Crippen molar-refractivity contribution in [2.75, 3.05) is 13.2 Å². The lowest BCUT2D eigenvalue weighted by molar-refractivity contribution is 0.348. The van der Waals surface area contributed by atoms with Gasteiger partial charge in [-0.1, -0.05) is 95.5 Å². The van der Waals surface area contributed by atoms with E-state index in [0.717, 1.165) is 49.2 Å². The third-order valence-electron chi connectivity index (χ3n) is 9.11. The molecule has 43 heavy (non-hydrogen) atoms. The molecule has 0 saturated heterocycles. The van der Waals surface area contributed by atoms with Gasteiger partial charge >= 0.3 is 0 Å². The van der Waals surface area contributed by atoms with Crippen molar-refractivity contribution >= 4 is 121 Å². The molecule has 0 fully saturated rings. The Morgan fingerprint density at radius 1 is 0.419 bits per heavy atom. The second kappa shape index (κ2) is 9.03. The largest absolute Gasteiger partial charge is 0.493 e. The highest BCUT2D eigenvalue weighted by molar-refractivity contribution is 6.53. The zero-order chi connectivity index (χ0) is 29.1. The molecule has 5 heteroatoms. The van der Waals surface area contributed by atoms with Crippen molar-refractivity contribution in [1.82, 2.24) is 0 Å². The molecule has 2 nitrogen and oxygen atoms in total. The molecule has 0 aliphatic carbocycles. The van der Waals surface area contributed by atoms with E-state index < -0.39 is 0 Å². The van der Waals surface area contributed by atoms with Gasteiger partial charge in [-0.25, -0.2) is 0 Å². The molecular formula is C38H23Cl3O2. The van der Waals surface area contributed by atoms with E-state index in [-0.39, 0.29) is 0 Å². The average Bonchev–Trinajstić information content (AvgIpc) is 3.03. The predicted octanol–water partition coefficient (Wildman–Crippen LogP) is 12.5. The van der Waals surface area contributed by atoms with Gasteiger partial charge in [0, 0.05) is 37.7 Å². The van der Waals surface area contributed by atoms with Crippen LogP contribution in [0.3, 0.4) is 0 Å². The Balaban J connectivity index is 1.55. The van der Waals surface area contributed by atoms with Crippen molar-refractivity contribution in [1.29, 1.82) is 0 Å². The molecule has 0 aromatic heterocycles. The first-order valence-electron chi connectivity index (χ1n) is 14.5. The fraction of sp³-hybridized carbons (Fsp3) is 0.105. The molecule has 0 aliphatic rings. The maximum Gasteiger partial charge on any atom is 0.135 e. The van der Waals surface area contributed by atoms with Crippen molar-refractivity contribution in [3.05, 3.63) is 93.9 Å². The van der Waals surface area contributed by atoms with Gasteiger partial charge in [0.15, 0.2) is 0 Å². The molecule has 0 radical (unpaired) electrons. The fourth-order valence-corrected chi connectivity index (χ4v) is 8.25. The summed E-state index contributed by atoms with van der Waals surface area (Å²) < 4.78 is 12.7. The summed E-state index contributed by atoms with van der Waals surface area (Å²) in [7, 11) is 0. The first kappa shape index (κ1) is 25.5. The normalized spacial score (nSPS) is 12.5. The quantitative estimate of drug-likeness (QED) is 0.111. The van der Waals surface area contributed by atoms with Gasteiger partial charge in [-0.05, 0) is 80.5 Å². The molecule has 0 atom stereocenters. The monoisotopic (exact) mass is 616 g/mol. The summed E-state index contributed by atoms with van der Waals surface area (Å²) in [4.78, 5) is 0. The van der Waals surface area contributed by atoms with E-state index in [2.05, 4.69) is 72.8 Å². The van der Waals surface area contributed by atoms with Crippen LogP contribution in [0, 0.1) is 0 Å². The van der Waals surface area contributed by atoms with Crippen LogP contribution >= 0.6 is 34.8 Å². The minimum atomic E-state index is 0.355. The highest BCUT2D eigenvalue weighted by Crippen LogP contribution is 2.53. The minimum absolute atomic E-state index is 0.355. The van der Waals surface area contributed by atoms with Crippen LogP contribution in [-0.2, 0) is 0 Å². The Hall–Kier alpha value is -3.95. The standard InChI is InChI=1S/C38H23Cl3O2/c1-3-42-37-24-8-6-5-7-18(24)19-9-10-20-21-11-14-25-33-27(38(43-4-2)28-17-29(39)35(40)36(41)34(25)28)16-13-23(31(21)33)22-12-15-26(37)32(19)30(20)22/h5-17H,3-4H2,1-2H3. The second-order valence-electron chi connectivity index (χ2n) is 11.1. The third kappa shape index (κ3) is 3.16. The van der Waals surface area contributed by atoms with Crippen LogP contribution in [-0.4, -0.2) is 13.2 Å². The third-order valence-corrected chi connectivity index (χ3v) is 10.4. The number of benzene rings is 9. The number of hydrogen-bond acceptors (Lipinski definition) is 2. The first-order chi connectivity index (χ1) is 21.0. The number of hydrogen-bond donors (Lipinski definition) is 0. The van der Waals surface area contributed by atoms with Crippen LogP contribution in [0.1, 0.15) is 13.8 Å². The fourth-order valence-electron chi connectivity index (χ4n) is 7.54. The highest BCUT2D eigenvalue weighted by Gasteiger charge is 2.24. The predicted molar refractivity (Wildman–Crippen MR) is 186 cm³/mol. The average molecular weight is 618 g/mol. The van der Waals surface area contributed by atoms with Crippen LogP contribution in [0.4, 0.5) is 0 Å². The van der Waals surface area contributed by atoms with E-state index in [4.69, 9.17) is 44.3 Å². The van der Waals surface area contributed by atoms with Gasteiger partial charge in [-0.2, -0.15) is 0 Å². The van der Waals surface area contributed by atoms with Gasteiger partial charge in [0.25, 0.3) is 0 Å². The molecular weight excluding hydrogens is 595 g/mol. The summed E-state index contributed by atoms with van der Waals surface area (Å²) in [6, 6.07) is 28.3. The van der Waals surface area contributed by atoms with Crippen molar-refractivity contribution < 1.29 is 9.47 Å². The van der Waals surface area contributed by atoms with E-state index in [0.29, 0.717) is 28.3 Å². The van der Waals surface area contributed by atoms with Crippen LogP contribution in [0.15, 0.2) is 78.9 Å². The maximum atomic E-state index is 6.95. The number of fused-ring (bicyclic) bond motifs is 6. The smallest absolute Gasteiger partial charge is 0.135 e.